The summed E-state index contributed by atoms with van der Waals surface area (Å²) < 4.78 is 236. The van der Waals surface area contributed by atoms with Gasteiger partial charge in [0.05, 0.1) is 13.2 Å². The van der Waals surface area contributed by atoms with Gasteiger partial charge in [0, 0.05) is 19.1 Å². The molecule has 216 valence electrons. The first kappa shape index (κ1) is 32.8. The van der Waals surface area contributed by atoms with Crippen LogP contribution in [0.2, 0.25) is 0 Å². The lowest BCUT2D eigenvalue weighted by molar-refractivity contribution is -0.462. The van der Waals surface area contributed by atoms with Crippen LogP contribution in [0.3, 0.4) is 0 Å². The van der Waals surface area contributed by atoms with Crippen molar-refractivity contribution in [3.63, 3.8) is 0 Å². The molecule has 1 aromatic rings. The molecule has 0 spiro atoms. The van der Waals surface area contributed by atoms with Gasteiger partial charge in [-0.2, -0.15) is 74.6 Å². The molecule has 1 unspecified atom stereocenters. The van der Waals surface area contributed by atoms with Crippen molar-refractivity contribution < 1.29 is 84.1 Å². The molecule has 0 aliphatic carbocycles. The topological polar surface area (TPSA) is 18.5 Å². The van der Waals surface area contributed by atoms with Crippen LogP contribution in [0, 0.1) is 0 Å². The van der Waals surface area contributed by atoms with E-state index in [4.69, 9.17) is 0 Å². The van der Waals surface area contributed by atoms with Crippen LogP contribution >= 0.6 is 0 Å². The summed E-state index contributed by atoms with van der Waals surface area (Å²) in [5.74, 6) is -57.1. The van der Waals surface area contributed by atoms with Gasteiger partial charge in [-0.15, -0.1) is 0 Å². The highest BCUT2D eigenvalue weighted by Gasteiger charge is 2.95. The van der Waals surface area contributed by atoms with Crippen molar-refractivity contribution in [2.45, 2.75) is 60.2 Å². The fourth-order valence-electron chi connectivity index (χ4n) is 2.81. The molecule has 0 fully saturated rings. The van der Waals surface area contributed by atoms with Gasteiger partial charge in [0.25, 0.3) is 0 Å². The maximum Gasteiger partial charge on any atom is 0.460 e. The Labute approximate surface area is 195 Å². The van der Waals surface area contributed by atoms with Crippen molar-refractivity contribution in [3.8, 4) is 5.75 Å². The molecule has 0 heterocycles. The standard InChI is InChI=1S/C18H13F17O2/c1-36-9-6-4-3-5-8(9)10(37-2)7-11(19,20)12(21,22)13(23,24)14(25,26)15(27,28)16(29,30)17(31,32)18(33,34)35/h3-6,10H,7H2,1-2H3. The predicted molar refractivity (Wildman–Crippen MR) is 88.0 cm³/mol. The summed E-state index contributed by atoms with van der Waals surface area (Å²) in [6.45, 7) is 0. The fourth-order valence-corrected chi connectivity index (χ4v) is 2.81. The summed E-state index contributed by atoms with van der Waals surface area (Å²) in [7, 11) is 1.40. The first-order chi connectivity index (χ1) is 16.2. The van der Waals surface area contributed by atoms with E-state index in [2.05, 4.69) is 9.47 Å². The Morgan fingerprint density at radius 2 is 0.946 bits per heavy atom. The molecule has 37 heavy (non-hydrogen) atoms. The number of hydrogen-bond acceptors (Lipinski definition) is 2. The molecule has 0 aromatic heterocycles. The number of para-hydroxylation sites is 1. The van der Waals surface area contributed by atoms with Crippen LogP contribution in [0.1, 0.15) is 18.1 Å². The Morgan fingerprint density at radius 3 is 1.32 bits per heavy atom. The highest BCUT2D eigenvalue weighted by atomic mass is 19.4. The van der Waals surface area contributed by atoms with Crippen molar-refractivity contribution in [1.82, 2.24) is 0 Å². The first-order valence-corrected chi connectivity index (χ1v) is 9.10. The van der Waals surface area contributed by atoms with E-state index in [1.807, 2.05) is 0 Å². The van der Waals surface area contributed by atoms with Crippen LogP contribution in [0.4, 0.5) is 74.6 Å². The van der Waals surface area contributed by atoms with Gasteiger partial charge in [0.2, 0.25) is 0 Å². The lowest BCUT2D eigenvalue weighted by Crippen LogP contribution is -2.74. The summed E-state index contributed by atoms with van der Waals surface area (Å²) in [5.41, 5.74) is -0.611. The Morgan fingerprint density at radius 1 is 0.568 bits per heavy atom. The van der Waals surface area contributed by atoms with Gasteiger partial charge in [-0.3, -0.25) is 0 Å². The number of methoxy groups -OCH3 is 2. The molecule has 1 rings (SSSR count). The van der Waals surface area contributed by atoms with Gasteiger partial charge in [0.1, 0.15) is 5.75 Å². The molecule has 0 saturated heterocycles. The van der Waals surface area contributed by atoms with Gasteiger partial charge in [-0.1, -0.05) is 18.2 Å². The molecule has 0 saturated carbocycles. The minimum Gasteiger partial charge on any atom is -0.496 e. The predicted octanol–water partition coefficient (Wildman–Crippen LogP) is 7.78. The Balaban J connectivity index is 3.61. The third-order valence-electron chi connectivity index (χ3n) is 5.00. The highest BCUT2D eigenvalue weighted by molar-refractivity contribution is 5.35. The number of benzene rings is 1. The zero-order chi connectivity index (χ0) is 29.7. The normalized spacial score (nSPS) is 16.1. The zero-order valence-corrected chi connectivity index (χ0v) is 17.8. The molecule has 0 N–H and O–H groups in total. The number of rotatable bonds is 11. The monoisotopic (exact) mass is 584 g/mol. The number of ether oxygens (including phenoxy) is 2. The summed E-state index contributed by atoms with van der Waals surface area (Å²) in [6, 6.07) is 4.02. The van der Waals surface area contributed by atoms with E-state index in [1.54, 1.807) is 0 Å². The third-order valence-corrected chi connectivity index (χ3v) is 5.00. The Hall–Kier alpha value is -2.21. The SMILES string of the molecule is COc1ccccc1C(CC(F)(F)C(F)(F)C(F)(F)C(F)(F)C(F)(F)C(F)(F)C(F)(F)C(F)(F)F)OC. The summed E-state index contributed by atoms with van der Waals surface area (Å²) in [6.07, 6.45) is -13.0. The molecule has 0 aliphatic heterocycles. The fraction of sp³-hybridized carbons (Fsp3) is 0.667. The van der Waals surface area contributed by atoms with E-state index in [1.165, 1.54) is 6.07 Å². The van der Waals surface area contributed by atoms with E-state index in [9.17, 15) is 74.6 Å². The van der Waals surface area contributed by atoms with E-state index in [-0.39, 0.29) is 0 Å². The average molecular weight is 584 g/mol. The van der Waals surface area contributed by atoms with Crippen molar-refractivity contribution in [2.24, 2.45) is 0 Å². The molecule has 2 nitrogen and oxygen atoms in total. The molecular formula is C18H13F17O2. The van der Waals surface area contributed by atoms with Crippen molar-refractivity contribution in [3.05, 3.63) is 29.8 Å². The lowest BCUT2D eigenvalue weighted by Gasteiger charge is -2.43. The molecule has 0 radical (unpaired) electrons. The van der Waals surface area contributed by atoms with Crippen LogP contribution in [0.15, 0.2) is 24.3 Å². The van der Waals surface area contributed by atoms with Crippen LogP contribution < -0.4 is 4.74 Å². The number of hydrogen-bond donors (Lipinski definition) is 0. The molecule has 0 bridgehead atoms. The van der Waals surface area contributed by atoms with Crippen molar-refractivity contribution >= 4 is 0 Å². The van der Waals surface area contributed by atoms with Crippen LogP contribution in [-0.4, -0.2) is 61.9 Å². The van der Waals surface area contributed by atoms with Gasteiger partial charge in [-0.25, -0.2) is 0 Å². The minimum absolute atomic E-state index is 0.425. The highest BCUT2D eigenvalue weighted by Crippen LogP contribution is 2.64. The summed E-state index contributed by atoms with van der Waals surface area (Å²) >= 11 is 0. The quantitative estimate of drug-likeness (QED) is 0.248. The van der Waals surface area contributed by atoms with E-state index in [0.29, 0.717) is 7.11 Å². The van der Waals surface area contributed by atoms with Crippen molar-refractivity contribution in [1.29, 1.82) is 0 Å². The summed E-state index contributed by atoms with van der Waals surface area (Å²) in [5, 5.41) is 0. The minimum atomic E-state index is -8.66. The molecule has 1 aromatic carbocycles. The van der Waals surface area contributed by atoms with Gasteiger partial charge in [0.15, 0.2) is 0 Å². The van der Waals surface area contributed by atoms with Crippen molar-refractivity contribution in [2.75, 3.05) is 14.2 Å². The smallest absolute Gasteiger partial charge is 0.460 e. The third kappa shape index (κ3) is 4.75. The number of halogens is 17. The van der Waals surface area contributed by atoms with Crippen LogP contribution in [-0.2, 0) is 4.74 Å². The van der Waals surface area contributed by atoms with Crippen LogP contribution in [0.25, 0.3) is 0 Å². The largest absolute Gasteiger partial charge is 0.496 e. The maximum absolute atomic E-state index is 14.2. The Bertz CT molecular complexity index is 938. The zero-order valence-electron chi connectivity index (χ0n) is 17.8. The first-order valence-electron chi connectivity index (χ1n) is 9.10. The van der Waals surface area contributed by atoms with Crippen LogP contribution in [0.5, 0.6) is 5.75 Å². The number of alkyl halides is 17. The molecular weight excluding hydrogens is 571 g/mol. The van der Waals surface area contributed by atoms with E-state index < -0.39 is 71.5 Å². The summed E-state index contributed by atoms with van der Waals surface area (Å²) in [4.78, 5) is 0. The second-order valence-electron chi connectivity index (χ2n) is 7.32. The molecule has 19 heteroatoms. The second-order valence-corrected chi connectivity index (χ2v) is 7.32. The molecule has 0 amide bonds. The lowest BCUT2D eigenvalue weighted by atomic mass is 9.87. The Kier molecular flexibility index (Phi) is 8.44. The average Bonchev–Trinajstić information content (AvgIpc) is 2.75. The van der Waals surface area contributed by atoms with Gasteiger partial charge >= 0.3 is 47.6 Å². The van der Waals surface area contributed by atoms with E-state index >= 15 is 0 Å². The van der Waals surface area contributed by atoms with E-state index in [0.717, 1.165) is 25.3 Å². The maximum atomic E-state index is 14.2. The molecule has 0 aliphatic rings. The van der Waals surface area contributed by atoms with Gasteiger partial charge < -0.3 is 9.47 Å². The second kappa shape index (κ2) is 9.52. The van der Waals surface area contributed by atoms with Gasteiger partial charge in [-0.05, 0) is 6.07 Å². The molecule has 1 atom stereocenters.